The van der Waals surface area contributed by atoms with Crippen LogP contribution < -0.4 is 0 Å². The van der Waals surface area contributed by atoms with Gasteiger partial charge in [0, 0.05) is 26.1 Å². The fourth-order valence-electron chi connectivity index (χ4n) is 2.91. The first kappa shape index (κ1) is 18.9. The van der Waals surface area contributed by atoms with Gasteiger partial charge in [-0.1, -0.05) is 13.8 Å². The number of carbonyl (C=O) groups excluding carboxylic acids is 1. The maximum atomic E-state index is 12.7. The van der Waals surface area contributed by atoms with Crippen LogP contribution in [0.5, 0.6) is 0 Å². The quantitative estimate of drug-likeness (QED) is 0.710. The predicted molar refractivity (Wildman–Crippen MR) is 85.5 cm³/mol. The second kappa shape index (κ2) is 7.42. The van der Waals surface area contributed by atoms with Crippen molar-refractivity contribution >= 4 is 15.9 Å². The molecule has 0 spiro atoms. The molecule has 1 unspecified atom stereocenters. The van der Waals surface area contributed by atoms with Gasteiger partial charge in [-0.25, -0.2) is 8.42 Å². The van der Waals surface area contributed by atoms with Gasteiger partial charge in [-0.15, -0.1) is 0 Å². The zero-order chi connectivity index (χ0) is 17.0. The van der Waals surface area contributed by atoms with Crippen molar-refractivity contribution in [3.8, 4) is 6.07 Å². The summed E-state index contributed by atoms with van der Waals surface area (Å²) in [5.41, 5.74) is -0.612. The molecule has 1 fully saturated rings. The van der Waals surface area contributed by atoms with E-state index in [2.05, 4.69) is 0 Å². The van der Waals surface area contributed by atoms with Crippen LogP contribution in [0.4, 0.5) is 0 Å². The summed E-state index contributed by atoms with van der Waals surface area (Å²) in [6.45, 7) is 8.88. The average molecular weight is 329 g/mol. The predicted octanol–water partition coefficient (Wildman–Crippen LogP) is 1.59. The Kier molecular flexibility index (Phi) is 6.38. The van der Waals surface area contributed by atoms with Crippen molar-refractivity contribution in [2.45, 2.75) is 53.0 Å². The summed E-state index contributed by atoms with van der Waals surface area (Å²) >= 11 is 0. The van der Waals surface area contributed by atoms with E-state index in [4.69, 9.17) is 5.26 Å². The van der Waals surface area contributed by atoms with Gasteiger partial charge in [0.05, 0.1) is 11.8 Å². The lowest BCUT2D eigenvalue weighted by Gasteiger charge is -2.31. The van der Waals surface area contributed by atoms with E-state index in [1.54, 1.807) is 18.7 Å². The number of nitriles is 1. The van der Waals surface area contributed by atoms with Crippen LogP contribution in [0.3, 0.4) is 0 Å². The Morgan fingerprint density at radius 3 is 2.45 bits per heavy atom. The molecule has 0 radical (unpaired) electrons. The highest BCUT2D eigenvalue weighted by Gasteiger charge is 2.41. The van der Waals surface area contributed by atoms with Gasteiger partial charge in [0.1, 0.15) is 6.04 Å². The van der Waals surface area contributed by atoms with Crippen molar-refractivity contribution in [1.29, 1.82) is 5.26 Å². The van der Waals surface area contributed by atoms with Crippen molar-refractivity contribution in [2.75, 3.05) is 25.4 Å². The number of hydrogen-bond acceptors (Lipinski definition) is 4. The summed E-state index contributed by atoms with van der Waals surface area (Å²) in [5.74, 6) is -0.209. The third-order valence-electron chi connectivity index (χ3n) is 4.05. The number of nitrogens with zero attached hydrogens (tertiary/aromatic N) is 3. The molecule has 7 heteroatoms. The maximum Gasteiger partial charge on any atom is 0.241 e. The van der Waals surface area contributed by atoms with E-state index in [0.717, 1.165) is 0 Å². The second-order valence-electron chi connectivity index (χ2n) is 6.53. The third kappa shape index (κ3) is 4.43. The fraction of sp³-hybridized carbons (Fsp3) is 0.867. The van der Waals surface area contributed by atoms with E-state index in [0.29, 0.717) is 32.5 Å². The Balaban J connectivity index is 2.94. The zero-order valence-electron chi connectivity index (χ0n) is 14.0. The Bertz CT molecular complexity index is 533. The summed E-state index contributed by atoms with van der Waals surface area (Å²) in [7, 11) is -3.55. The summed E-state index contributed by atoms with van der Waals surface area (Å²) in [4.78, 5) is 14.2. The van der Waals surface area contributed by atoms with E-state index in [1.807, 2.05) is 19.9 Å². The number of sulfonamides is 1. The van der Waals surface area contributed by atoms with E-state index >= 15 is 0 Å². The molecule has 0 aromatic carbocycles. The second-order valence-corrected chi connectivity index (χ2v) is 8.46. The van der Waals surface area contributed by atoms with Gasteiger partial charge in [-0.05, 0) is 32.1 Å². The molecule has 0 aliphatic carbocycles. The Hall–Kier alpha value is -1.13. The lowest BCUT2D eigenvalue weighted by atomic mass is 9.93. The van der Waals surface area contributed by atoms with Crippen LogP contribution in [0.2, 0.25) is 0 Å². The van der Waals surface area contributed by atoms with Crippen molar-refractivity contribution in [3.63, 3.8) is 0 Å². The maximum absolute atomic E-state index is 12.7. The van der Waals surface area contributed by atoms with Crippen LogP contribution in [-0.4, -0.2) is 55.0 Å². The lowest BCUT2D eigenvalue weighted by molar-refractivity contribution is -0.134. The zero-order valence-corrected chi connectivity index (χ0v) is 14.8. The van der Waals surface area contributed by atoms with Crippen LogP contribution in [-0.2, 0) is 14.8 Å². The minimum atomic E-state index is -3.55. The first-order valence-electron chi connectivity index (χ1n) is 7.83. The molecule has 1 rings (SSSR count). The van der Waals surface area contributed by atoms with Crippen molar-refractivity contribution < 1.29 is 13.2 Å². The topological polar surface area (TPSA) is 81.5 Å². The first-order valence-corrected chi connectivity index (χ1v) is 9.44. The molecule has 1 saturated heterocycles. The van der Waals surface area contributed by atoms with Gasteiger partial charge < -0.3 is 4.90 Å². The summed E-state index contributed by atoms with van der Waals surface area (Å²) in [6.07, 6.45) is 1.46. The Labute approximate surface area is 134 Å². The molecular formula is C15H27N3O3S. The van der Waals surface area contributed by atoms with Crippen molar-refractivity contribution in [2.24, 2.45) is 5.41 Å². The third-order valence-corrected chi connectivity index (χ3v) is 6.35. The van der Waals surface area contributed by atoms with E-state index in [-0.39, 0.29) is 18.1 Å². The molecule has 1 amide bonds. The molecule has 0 aromatic rings. The summed E-state index contributed by atoms with van der Waals surface area (Å²) in [5, 5.41) is 8.82. The Morgan fingerprint density at radius 2 is 1.95 bits per heavy atom. The number of likely N-dealkylation sites (N-methyl/N-ethyl adjacent to an activating group) is 1. The molecule has 0 N–H and O–H groups in total. The smallest absolute Gasteiger partial charge is 0.241 e. The molecular weight excluding hydrogens is 302 g/mol. The normalized spacial score (nSPS) is 19.9. The highest BCUT2D eigenvalue weighted by Crippen LogP contribution is 2.29. The van der Waals surface area contributed by atoms with E-state index in [9.17, 15) is 13.2 Å². The largest absolute Gasteiger partial charge is 0.342 e. The van der Waals surface area contributed by atoms with Gasteiger partial charge in [0.15, 0.2) is 0 Å². The van der Waals surface area contributed by atoms with Crippen molar-refractivity contribution in [1.82, 2.24) is 9.21 Å². The SMILES string of the molecule is CCN(CC)C(=O)C1CCCN1S(=O)(=O)CC(C)(C)CC#N. The molecule has 1 heterocycles. The van der Waals surface area contributed by atoms with Crippen LogP contribution in [0.15, 0.2) is 0 Å². The average Bonchev–Trinajstić information content (AvgIpc) is 2.88. The Morgan fingerprint density at radius 1 is 1.36 bits per heavy atom. The molecule has 0 saturated carbocycles. The monoisotopic (exact) mass is 329 g/mol. The minimum absolute atomic E-state index is 0.102. The highest BCUT2D eigenvalue weighted by molar-refractivity contribution is 7.89. The molecule has 6 nitrogen and oxygen atoms in total. The van der Waals surface area contributed by atoms with Crippen LogP contribution >= 0.6 is 0 Å². The minimum Gasteiger partial charge on any atom is -0.342 e. The lowest BCUT2D eigenvalue weighted by Crippen LogP contribution is -2.49. The van der Waals surface area contributed by atoms with Gasteiger partial charge >= 0.3 is 0 Å². The molecule has 22 heavy (non-hydrogen) atoms. The number of carbonyl (C=O) groups is 1. The first-order chi connectivity index (χ1) is 10.2. The van der Waals surface area contributed by atoms with E-state index in [1.165, 1.54) is 4.31 Å². The summed E-state index contributed by atoms with van der Waals surface area (Å²) < 4.78 is 26.7. The molecule has 0 aromatic heterocycles. The van der Waals surface area contributed by atoms with Gasteiger partial charge in [0.2, 0.25) is 15.9 Å². The summed E-state index contributed by atoms with van der Waals surface area (Å²) in [6, 6.07) is 1.45. The van der Waals surface area contributed by atoms with Gasteiger partial charge in [-0.3, -0.25) is 4.79 Å². The van der Waals surface area contributed by atoms with Crippen LogP contribution in [0.1, 0.15) is 47.0 Å². The van der Waals surface area contributed by atoms with Gasteiger partial charge in [0.25, 0.3) is 0 Å². The van der Waals surface area contributed by atoms with Crippen LogP contribution in [0.25, 0.3) is 0 Å². The van der Waals surface area contributed by atoms with Crippen molar-refractivity contribution in [3.05, 3.63) is 0 Å². The van der Waals surface area contributed by atoms with Crippen LogP contribution in [0, 0.1) is 16.7 Å². The number of hydrogen-bond donors (Lipinski definition) is 0. The van der Waals surface area contributed by atoms with E-state index < -0.39 is 21.5 Å². The molecule has 0 bridgehead atoms. The fourth-order valence-corrected chi connectivity index (χ4v) is 5.15. The highest BCUT2D eigenvalue weighted by atomic mass is 32.2. The molecule has 1 atom stereocenters. The molecule has 126 valence electrons. The number of amides is 1. The standard InChI is InChI=1S/C15H27N3O3S/c1-5-17(6-2)14(19)13-8-7-11-18(13)22(20,21)12-15(3,4)9-10-16/h13H,5-9,11-12H2,1-4H3. The van der Waals surface area contributed by atoms with Gasteiger partial charge in [-0.2, -0.15) is 9.57 Å². The molecule has 1 aliphatic heterocycles. The molecule has 1 aliphatic rings. The number of rotatable bonds is 7.